The molecule has 0 saturated heterocycles. The Morgan fingerprint density at radius 3 is 1.58 bits per heavy atom. The summed E-state index contributed by atoms with van der Waals surface area (Å²) in [5, 5.41) is 10.0. The Morgan fingerprint density at radius 2 is 1.16 bits per heavy atom. The standard InChI is InChI=1S/C15H11ClINO4S.C14H9ClINO4S/c1-22-14-10(16)6-9(7-11(14)17)15(19)18-8-23(20,21)13-5-3-2-4-12(13)18;15-9-5-8(6-10(16)13(9)18)14(19)17-7-22(20,21)12-4-2-1-3-11(12)17/h2-7H,8H2,1H3;1-6,18H,7H2. The van der Waals surface area contributed by atoms with Crippen LogP contribution in [0, 0.1) is 7.14 Å². The molecule has 4 aromatic rings. The quantitative estimate of drug-likeness (QED) is 0.234. The number of fused-ring (bicyclic) bond motifs is 2. The number of ether oxygens (including phenoxy) is 1. The lowest BCUT2D eigenvalue weighted by Crippen LogP contribution is -2.30. The van der Waals surface area contributed by atoms with Crippen molar-refractivity contribution in [2.24, 2.45) is 0 Å². The molecule has 0 bridgehead atoms. The lowest BCUT2D eigenvalue weighted by atomic mass is 10.2. The van der Waals surface area contributed by atoms with E-state index in [1.165, 1.54) is 47.2 Å². The predicted molar refractivity (Wildman–Crippen MR) is 187 cm³/mol. The van der Waals surface area contributed by atoms with Crippen LogP contribution >= 0.6 is 68.4 Å². The zero-order valence-corrected chi connectivity index (χ0v) is 30.3. The minimum absolute atomic E-state index is 0.0468. The molecule has 2 heterocycles. The van der Waals surface area contributed by atoms with Gasteiger partial charge in [-0.25, -0.2) is 16.8 Å². The first-order valence-corrected chi connectivity index (χ1v) is 18.9. The molecule has 10 nitrogen and oxygen atoms in total. The molecule has 2 amide bonds. The Hall–Kier alpha value is -2.64. The number of methoxy groups -OCH3 is 1. The number of rotatable bonds is 3. The van der Waals surface area contributed by atoms with Gasteiger partial charge in [-0.15, -0.1) is 0 Å². The Labute approximate surface area is 296 Å². The second-order valence-corrected chi connectivity index (χ2v) is 16.6. The third-order valence-electron chi connectivity index (χ3n) is 6.78. The number of para-hydroxylation sites is 2. The Kier molecular flexibility index (Phi) is 9.64. The first-order chi connectivity index (χ1) is 21.2. The summed E-state index contributed by atoms with van der Waals surface area (Å²) in [6, 6.07) is 18.7. The average Bonchev–Trinajstić information content (AvgIpc) is 3.44. The number of phenolic OH excluding ortho intramolecular Hbond substituents is 1. The first kappa shape index (κ1) is 33.7. The molecule has 0 atom stereocenters. The van der Waals surface area contributed by atoms with Gasteiger partial charge in [0.05, 0.1) is 45.5 Å². The number of halogens is 4. The fourth-order valence-corrected chi connectivity index (χ4v) is 10.1. The minimum atomic E-state index is -3.52. The van der Waals surface area contributed by atoms with E-state index in [4.69, 9.17) is 27.9 Å². The molecule has 234 valence electrons. The van der Waals surface area contributed by atoms with Gasteiger partial charge in [0.25, 0.3) is 11.8 Å². The Bertz CT molecular complexity index is 2060. The molecule has 0 unspecified atom stereocenters. The van der Waals surface area contributed by atoms with Crippen molar-refractivity contribution in [2.75, 3.05) is 28.7 Å². The van der Waals surface area contributed by atoms with E-state index >= 15 is 0 Å². The molecular formula is C29H20Cl2I2N2O8S2. The number of carbonyl (C=O) groups excluding carboxylic acids is 2. The first-order valence-electron chi connectivity index (χ1n) is 12.6. The number of phenols is 1. The van der Waals surface area contributed by atoms with Crippen LogP contribution in [0.5, 0.6) is 11.5 Å². The molecule has 0 saturated carbocycles. The zero-order chi connectivity index (χ0) is 32.8. The van der Waals surface area contributed by atoms with E-state index in [2.05, 4.69) is 0 Å². The summed E-state index contributed by atoms with van der Waals surface area (Å²) in [6.07, 6.45) is 0. The van der Waals surface area contributed by atoms with Gasteiger partial charge in [0, 0.05) is 11.1 Å². The number of anilines is 2. The molecule has 2 aliphatic rings. The highest BCUT2D eigenvalue weighted by atomic mass is 127. The van der Waals surface area contributed by atoms with Crippen LogP contribution in [0.3, 0.4) is 0 Å². The van der Waals surface area contributed by atoms with Crippen LogP contribution in [-0.2, 0) is 19.7 Å². The molecule has 0 aliphatic carbocycles. The summed E-state index contributed by atoms with van der Waals surface area (Å²) in [5.74, 6) is -1.29. The molecule has 4 aromatic carbocycles. The SMILES string of the molecule is COc1c(Cl)cc(C(=O)N2CS(=O)(=O)c3ccccc32)cc1I.O=C(c1cc(Cl)c(O)c(I)c1)N1CS(=O)(=O)c2ccccc21. The van der Waals surface area contributed by atoms with E-state index in [0.29, 0.717) is 34.9 Å². The van der Waals surface area contributed by atoms with E-state index in [0.717, 1.165) is 0 Å². The highest BCUT2D eigenvalue weighted by Gasteiger charge is 2.37. The van der Waals surface area contributed by atoms with Gasteiger partial charge < -0.3 is 9.84 Å². The van der Waals surface area contributed by atoms with Gasteiger partial charge in [-0.1, -0.05) is 47.5 Å². The largest absolute Gasteiger partial charge is 0.505 e. The zero-order valence-electron chi connectivity index (χ0n) is 22.9. The second-order valence-electron chi connectivity index (χ2n) is 9.65. The van der Waals surface area contributed by atoms with Crippen LogP contribution in [0.25, 0.3) is 0 Å². The number of hydrogen-bond acceptors (Lipinski definition) is 8. The lowest BCUT2D eigenvalue weighted by molar-refractivity contribution is 0.0984. The molecular weight excluding hydrogens is 893 g/mol. The summed E-state index contributed by atoms with van der Waals surface area (Å²) in [6.45, 7) is 0. The van der Waals surface area contributed by atoms with Crippen molar-refractivity contribution in [3.05, 3.63) is 101 Å². The number of amides is 2. The summed E-state index contributed by atoms with van der Waals surface area (Å²) in [7, 11) is -5.52. The molecule has 2 aliphatic heterocycles. The maximum absolute atomic E-state index is 12.8. The van der Waals surface area contributed by atoms with E-state index < -0.39 is 37.4 Å². The molecule has 0 aromatic heterocycles. The summed E-state index contributed by atoms with van der Waals surface area (Å²) >= 11 is 15.9. The Morgan fingerprint density at radius 1 is 0.733 bits per heavy atom. The highest BCUT2D eigenvalue weighted by Crippen LogP contribution is 2.38. The van der Waals surface area contributed by atoms with Crippen molar-refractivity contribution < 1.29 is 36.3 Å². The van der Waals surface area contributed by atoms with E-state index in [-0.39, 0.29) is 32.0 Å². The van der Waals surface area contributed by atoms with Gasteiger partial charge in [-0.05, 0) is 93.7 Å². The summed E-state index contributed by atoms with van der Waals surface area (Å²) < 4.78 is 54.9. The van der Waals surface area contributed by atoms with Crippen molar-refractivity contribution in [3.63, 3.8) is 0 Å². The van der Waals surface area contributed by atoms with E-state index in [1.54, 1.807) is 42.5 Å². The van der Waals surface area contributed by atoms with E-state index in [1.807, 2.05) is 45.2 Å². The number of carbonyl (C=O) groups is 2. The maximum Gasteiger partial charge on any atom is 0.259 e. The second kappa shape index (κ2) is 12.9. The van der Waals surface area contributed by atoms with Gasteiger partial charge in [0.15, 0.2) is 25.4 Å². The van der Waals surface area contributed by atoms with Gasteiger partial charge in [0.2, 0.25) is 0 Å². The smallest absolute Gasteiger partial charge is 0.259 e. The number of hydrogen-bond donors (Lipinski definition) is 1. The molecule has 0 radical (unpaired) electrons. The topological polar surface area (TPSA) is 138 Å². The van der Waals surface area contributed by atoms with Crippen LogP contribution in [0.15, 0.2) is 82.6 Å². The minimum Gasteiger partial charge on any atom is -0.505 e. The molecule has 6 rings (SSSR count). The lowest BCUT2D eigenvalue weighted by Gasteiger charge is -2.17. The Balaban J connectivity index is 0.000000178. The van der Waals surface area contributed by atoms with Crippen molar-refractivity contribution in [2.45, 2.75) is 9.79 Å². The third kappa shape index (κ3) is 6.49. The highest BCUT2D eigenvalue weighted by molar-refractivity contribution is 14.1. The van der Waals surface area contributed by atoms with Crippen molar-refractivity contribution in [3.8, 4) is 11.5 Å². The molecule has 16 heteroatoms. The number of nitrogens with zero attached hydrogens (tertiary/aromatic N) is 2. The van der Waals surface area contributed by atoms with Crippen LogP contribution < -0.4 is 14.5 Å². The van der Waals surface area contributed by atoms with Crippen molar-refractivity contribution in [1.29, 1.82) is 0 Å². The van der Waals surface area contributed by atoms with Crippen molar-refractivity contribution >= 4 is 111 Å². The van der Waals surface area contributed by atoms with Gasteiger partial charge in [0.1, 0.15) is 17.5 Å². The summed E-state index contributed by atoms with van der Waals surface area (Å²) in [4.78, 5) is 28.1. The number of sulfone groups is 2. The predicted octanol–water partition coefficient (Wildman–Crippen LogP) is 6.39. The van der Waals surface area contributed by atoms with Gasteiger partial charge >= 0.3 is 0 Å². The third-order valence-corrected chi connectivity index (χ3v) is 12.2. The van der Waals surface area contributed by atoms with Crippen LogP contribution in [0.4, 0.5) is 11.4 Å². The maximum atomic E-state index is 12.8. The van der Waals surface area contributed by atoms with Crippen LogP contribution in [0.1, 0.15) is 20.7 Å². The molecule has 45 heavy (non-hydrogen) atoms. The van der Waals surface area contributed by atoms with Gasteiger partial charge in [-0.3, -0.25) is 19.4 Å². The fraction of sp³-hybridized carbons (Fsp3) is 0.103. The van der Waals surface area contributed by atoms with Crippen LogP contribution in [-0.4, -0.2) is 52.6 Å². The fourth-order valence-electron chi connectivity index (χ4n) is 4.72. The molecule has 0 fully saturated rings. The summed E-state index contributed by atoms with van der Waals surface area (Å²) in [5.41, 5.74) is 1.28. The van der Waals surface area contributed by atoms with Gasteiger partial charge in [-0.2, -0.15) is 0 Å². The molecule has 0 spiro atoms. The number of benzene rings is 4. The molecule has 1 N–H and O–H groups in total. The normalized spacial score (nSPS) is 15.5. The van der Waals surface area contributed by atoms with E-state index in [9.17, 15) is 31.5 Å². The number of aromatic hydroxyl groups is 1. The average molecular weight is 913 g/mol. The monoisotopic (exact) mass is 912 g/mol. The van der Waals surface area contributed by atoms with Crippen LogP contribution in [0.2, 0.25) is 10.0 Å². The van der Waals surface area contributed by atoms with Crippen molar-refractivity contribution in [1.82, 2.24) is 0 Å².